The number of hydrogen-bond acceptors (Lipinski definition) is 2. The van der Waals surface area contributed by atoms with Crippen LogP contribution in [0.25, 0.3) is 0 Å². The minimum Gasteiger partial charge on any atom is -0.236 e. The zero-order chi connectivity index (χ0) is 20.2. The number of hydrogen-bond donors (Lipinski definition) is 0. The van der Waals surface area contributed by atoms with Gasteiger partial charge in [0.05, 0.1) is 0 Å². The normalized spacial score (nSPS) is 11.5. The predicted molar refractivity (Wildman–Crippen MR) is 137 cm³/mol. The van der Waals surface area contributed by atoms with Crippen LogP contribution in [0.5, 0.6) is 0 Å². The minimum atomic E-state index is -2.22. The molecule has 0 nitrogen and oxygen atoms in total. The Morgan fingerprint density at radius 3 is 0.800 bits per heavy atom. The van der Waals surface area contributed by atoms with Crippen molar-refractivity contribution in [3.63, 3.8) is 0 Å². The van der Waals surface area contributed by atoms with Crippen LogP contribution in [0.2, 0.25) is 0 Å². The quantitative estimate of drug-likeness (QED) is 0.249. The van der Waals surface area contributed by atoms with Crippen molar-refractivity contribution in [2.24, 2.45) is 0 Å². The first-order valence-corrected chi connectivity index (χ1v) is 15.2. The molecule has 0 aromatic heterocycles. The monoisotopic (exact) mass is 454 g/mol. The van der Waals surface area contributed by atoms with E-state index in [0.717, 1.165) is 0 Å². The molecule has 0 aliphatic carbocycles. The Labute approximate surface area is 202 Å². The fraction of sp³-hybridized carbons (Fsp3) is 0. The number of benzene rings is 4. The van der Waals surface area contributed by atoms with E-state index in [1.807, 2.05) is 24.3 Å². The number of rotatable bonds is 6. The topological polar surface area (TPSA) is 0 Å². The van der Waals surface area contributed by atoms with Gasteiger partial charge in [0.1, 0.15) is 0 Å². The molecule has 0 fully saturated rings. The summed E-state index contributed by atoms with van der Waals surface area (Å²) in [7, 11) is 0. The van der Waals surface area contributed by atoms with E-state index in [9.17, 15) is 0 Å². The Morgan fingerprint density at radius 1 is 0.400 bits per heavy atom. The van der Waals surface area contributed by atoms with E-state index >= 15 is 0 Å². The molecule has 0 radical (unpaired) electrons. The van der Waals surface area contributed by atoms with Crippen LogP contribution in [-0.2, 0) is 23.6 Å². The van der Waals surface area contributed by atoms with E-state index in [4.69, 9.17) is 23.6 Å². The molecule has 0 spiro atoms. The van der Waals surface area contributed by atoms with Crippen LogP contribution < -0.4 is 40.1 Å². The van der Waals surface area contributed by atoms with Gasteiger partial charge in [0.15, 0.2) is 0 Å². The zero-order valence-corrected chi connectivity index (χ0v) is 20.3. The smallest absolute Gasteiger partial charge is 0.236 e. The van der Waals surface area contributed by atoms with Gasteiger partial charge in [-0.25, -0.2) is 5.90 Å². The molecule has 144 valence electrons. The molecule has 0 unspecified atom stereocenters. The van der Waals surface area contributed by atoms with Crippen LogP contribution in [0.15, 0.2) is 121 Å². The molecule has 4 rings (SSSR count). The fourth-order valence-corrected chi connectivity index (χ4v) is 15.0. The molecule has 0 saturated heterocycles. The predicted octanol–water partition coefficient (Wildman–Crippen LogP) is 2.37. The summed E-state index contributed by atoms with van der Waals surface area (Å²) in [5.41, 5.74) is 0. The van der Waals surface area contributed by atoms with Crippen LogP contribution in [0.3, 0.4) is 0 Å². The van der Waals surface area contributed by atoms with E-state index in [-0.39, 0.29) is 18.9 Å². The Balaban J connectivity index is 0.00000256. The van der Waals surface area contributed by atoms with Gasteiger partial charge in [-0.15, -0.1) is 35.7 Å². The molecule has 4 aromatic carbocycles. The second-order valence-electron chi connectivity index (χ2n) is 6.77. The second-order valence-corrected chi connectivity index (χ2v) is 15.9. The second kappa shape index (κ2) is 10.4. The average molecular weight is 454 g/mol. The van der Waals surface area contributed by atoms with Crippen molar-refractivity contribution in [3.8, 4) is 0 Å². The summed E-state index contributed by atoms with van der Waals surface area (Å²) in [6.45, 7) is 0. The van der Waals surface area contributed by atoms with Gasteiger partial charge in [-0.3, -0.25) is 0 Å². The van der Waals surface area contributed by atoms with Crippen LogP contribution in [0.1, 0.15) is 0 Å². The van der Waals surface area contributed by atoms with Crippen molar-refractivity contribution in [1.82, 2.24) is 0 Å². The SMILES string of the molecule is S=P([CH-]P(=S)(c1ccccc1)c1ccccc1)(c1ccccc1)c1ccccc1.[Li+]. The molecule has 4 aromatic rings. The first-order chi connectivity index (χ1) is 14.1. The van der Waals surface area contributed by atoms with Gasteiger partial charge in [0, 0.05) is 0 Å². The molecular formula is C25H21LiP2S2. The van der Waals surface area contributed by atoms with Gasteiger partial charge in [0.25, 0.3) is 0 Å². The summed E-state index contributed by atoms with van der Waals surface area (Å²) in [6, 6.07) is 37.5. The van der Waals surface area contributed by atoms with Gasteiger partial charge >= 0.3 is 18.9 Å². The van der Waals surface area contributed by atoms with Crippen molar-refractivity contribution in [2.75, 3.05) is 0 Å². The third-order valence-corrected chi connectivity index (χ3v) is 16.0. The maximum atomic E-state index is 6.50. The van der Waals surface area contributed by atoms with E-state index in [2.05, 4.69) is 103 Å². The molecule has 0 bridgehead atoms. The Bertz CT molecular complexity index is 983. The molecule has 0 saturated carbocycles. The minimum absolute atomic E-state index is 0. The van der Waals surface area contributed by atoms with E-state index in [1.54, 1.807) is 0 Å². The first-order valence-electron chi connectivity index (χ1n) is 9.42. The van der Waals surface area contributed by atoms with E-state index in [0.29, 0.717) is 0 Å². The van der Waals surface area contributed by atoms with Crippen molar-refractivity contribution >= 4 is 56.9 Å². The Hall–Kier alpha value is -1.22. The largest absolute Gasteiger partial charge is 1.00 e. The van der Waals surface area contributed by atoms with Gasteiger partial charge in [0.2, 0.25) is 0 Å². The van der Waals surface area contributed by atoms with Gasteiger partial charge in [-0.05, 0) is 21.2 Å². The summed E-state index contributed by atoms with van der Waals surface area (Å²) in [6.07, 6.45) is 0. The van der Waals surface area contributed by atoms with Crippen LogP contribution in [0, 0.1) is 5.90 Å². The standard InChI is InChI=1S/C25H21P2S2.Li/c28-26(22-13-5-1-6-14-22,23-15-7-2-8-16-23)21-27(29,24-17-9-3-10-18-24)25-19-11-4-12-20-25;/h1-21H;/q-1;+1. The van der Waals surface area contributed by atoms with Crippen molar-refractivity contribution in [1.29, 1.82) is 0 Å². The molecule has 0 aliphatic rings. The zero-order valence-electron chi connectivity index (χ0n) is 16.8. The van der Waals surface area contributed by atoms with E-state index < -0.39 is 12.1 Å². The summed E-state index contributed by atoms with van der Waals surface area (Å²) in [4.78, 5) is 0. The third kappa shape index (κ3) is 4.82. The van der Waals surface area contributed by atoms with Crippen molar-refractivity contribution in [2.45, 2.75) is 0 Å². The summed E-state index contributed by atoms with van der Waals surface area (Å²) >= 11 is 13.0. The fourth-order valence-electron chi connectivity index (χ4n) is 3.39. The third-order valence-electron chi connectivity index (χ3n) is 4.88. The molecule has 0 heterocycles. The van der Waals surface area contributed by atoms with E-state index in [1.165, 1.54) is 21.2 Å². The molecule has 30 heavy (non-hydrogen) atoms. The average Bonchev–Trinajstić information content (AvgIpc) is 2.81. The molecule has 5 heteroatoms. The molecule has 0 atom stereocenters. The van der Waals surface area contributed by atoms with Crippen LogP contribution >= 0.6 is 12.1 Å². The Kier molecular flexibility index (Phi) is 8.12. The first kappa shape index (κ1) is 23.4. The van der Waals surface area contributed by atoms with Crippen LogP contribution in [0.4, 0.5) is 0 Å². The molecule has 0 N–H and O–H groups in total. The van der Waals surface area contributed by atoms with Crippen LogP contribution in [-0.4, -0.2) is 0 Å². The maximum Gasteiger partial charge on any atom is 1.00 e. The van der Waals surface area contributed by atoms with Gasteiger partial charge < -0.3 is 0 Å². The summed E-state index contributed by atoms with van der Waals surface area (Å²) < 4.78 is 0. The summed E-state index contributed by atoms with van der Waals surface area (Å²) in [5.74, 6) is 2.38. The van der Waals surface area contributed by atoms with Gasteiger partial charge in [-0.1, -0.05) is 121 Å². The molecule has 0 aliphatic heterocycles. The van der Waals surface area contributed by atoms with Crippen molar-refractivity contribution < 1.29 is 18.9 Å². The molecular weight excluding hydrogens is 433 g/mol. The van der Waals surface area contributed by atoms with Crippen molar-refractivity contribution in [3.05, 3.63) is 127 Å². The Morgan fingerprint density at radius 2 is 0.600 bits per heavy atom. The summed E-state index contributed by atoms with van der Waals surface area (Å²) in [5, 5.41) is 4.73. The maximum absolute atomic E-state index is 6.50. The molecule has 0 amide bonds. The van der Waals surface area contributed by atoms with Gasteiger partial charge in [-0.2, -0.15) is 0 Å².